The number of non-ortho nitro benzene ring substituents is 1. The summed E-state index contributed by atoms with van der Waals surface area (Å²) >= 11 is 0. The van der Waals surface area contributed by atoms with E-state index in [2.05, 4.69) is 5.32 Å². The van der Waals surface area contributed by atoms with Gasteiger partial charge in [0, 0.05) is 19.2 Å². The van der Waals surface area contributed by atoms with Crippen LogP contribution in [0.25, 0.3) is 0 Å². The maximum absolute atomic E-state index is 10.7. The third-order valence-electron chi connectivity index (χ3n) is 2.81. The zero-order valence-corrected chi connectivity index (χ0v) is 10.2. The summed E-state index contributed by atoms with van der Waals surface area (Å²) < 4.78 is 11.1. The molecule has 0 saturated carbocycles. The molecule has 1 N–H and O–H groups in total. The van der Waals surface area contributed by atoms with Crippen molar-refractivity contribution in [2.45, 2.75) is 13.0 Å². The van der Waals surface area contributed by atoms with Gasteiger partial charge in [-0.3, -0.25) is 10.1 Å². The van der Waals surface area contributed by atoms with E-state index in [1.54, 1.807) is 6.07 Å². The average Bonchev–Trinajstić information content (AvgIpc) is 2.38. The molecule has 1 heterocycles. The van der Waals surface area contributed by atoms with Gasteiger partial charge >= 0.3 is 0 Å². The Hall–Kier alpha value is -1.66. The summed E-state index contributed by atoms with van der Waals surface area (Å²) in [5, 5.41) is 13.9. The zero-order valence-electron chi connectivity index (χ0n) is 10.2. The van der Waals surface area contributed by atoms with Crippen molar-refractivity contribution in [3.05, 3.63) is 33.9 Å². The number of nitro benzene ring substituents is 1. The summed E-state index contributed by atoms with van der Waals surface area (Å²) in [5.74, 6) is 0.540. The van der Waals surface area contributed by atoms with E-state index in [0.29, 0.717) is 19.0 Å². The fourth-order valence-corrected chi connectivity index (χ4v) is 1.77. The molecule has 1 aliphatic heterocycles. The first-order valence-corrected chi connectivity index (χ1v) is 5.87. The lowest BCUT2D eigenvalue weighted by molar-refractivity contribution is -0.385. The SMILES string of the molecule is Cc1ccc([N+](=O)[O-])cc1OCC1CNCCO1. The molecule has 0 amide bonds. The molecule has 0 aromatic heterocycles. The number of morpholine rings is 1. The van der Waals surface area contributed by atoms with E-state index in [9.17, 15) is 10.1 Å². The van der Waals surface area contributed by atoms with Crippen LogP contribution in [0.3, 0.4) is 0 Å². The normalized spacial score (nSPS) is 19.5. The fraction of sp³-hybridized carbons (Fsp3) is 0.500. The van der Waals surface area contributed by atoms with E-state index in [4.69, 9.17) is 9.47 Å². The first-order chi connectivity index (χ1) is 8.66. The van der Waals surface area contributed by atoms with Crippen LogP contribution < -0.4 is 10.1 Å². The van der Waals surface area contributed by atoms with Gasteiger partial charge in [0.1, 0.15) is 18.5 Å². The van der Waals surface area contributed by atoms with Crippen molar-refractivity contribution in [1.82, 2.24) is 5.32 Å². The van der Waals surface area contributed by atoms with Gasteiger partial charge in [-0.05, 0) is 18.6 Å². The summed E-state index contributed by atoms with van der Waals surface area (Å²) in [6.45, 7) is 4.52. The van der Waals surface area contributed by atoms with Gasteiger partial charge in [0.05, 0.1) is 17.6 Å². The number of hydrogen-bond acceptors (Lipinski definition) is 5. The molecule has 2 rings (SSSR count). The molecule has 0 radical (unpaired) electrons. The quantitative estimate of drug-likeness (QED) is 0.645. The van der Waals surface area contributed by atoms with E-state index < -0.39 is 4.92 Å². The fourth-order valence-electron chi connectivity index (χ4n) is 1.77. The number of nitrogens with one attached hydrogen (secondary N) is 1. The third-order valence-corrected chi connectivity index (χ3v) is 2.81. The van der Waals surface area contributed by atoms with Crippen molar-refractivity contribution >= 4 is 5.69 Å². The molecule has 1 unspecified atom stereocenters. The molecule has 0 spiro atoms. The van der Waals surface area contributed by atoms with Gasteiger partial charge in [-0.1, -0.05) is 0 Å². The summed E-state index contributed by atoms with van der Waals surface area (Å²) in [4.78, 5) is 10.3. The van der Waals surface area contributed by atoms with Gasteiger partial charge in [0.15, 0.2) is 0 Å². The Morgan fingerprint density at radius 1 is 1.61 bits per heavy atom. The van der Waals surface area contributed by atoms with Crippen molar-refractivity contribution in [1.29, 1.82) is 0 Å². The molecule has 18 heavy (non-hydrogen) atoms. The van der Waals surface area contributed by atoms with E-state index in [1.807, 2.05) is 6.92 Å². The van der Waals surface area contributed by atoms with Gasteiger partial charge in [0.25, 0.3) is 5.69 Å². The maximum atomic E-state index is 10.7. The molecule has 1 atom stereocenters. The Bertz CT molecular complexity index is 430. The number of ether oxygens (including phenoxy) is 2. The molecule has 0 bridgehead atoms. The maximum Gasteiger partial charge on any atom is 0.273 e. The summed E-state index contributed by atoms with van der Waals surface area (Å²) in [6.07, 6.45) is -0.00240. The number of aryl methyl sites for hydroxylation is 1. The monoisotopic (exact) mass is 252 g/mol. The van der Waals surface area contributed by atoms with Crippen LogP contribution in [0.4, 0.5) is 5.69 Å². The van der Waals surface area contributed by atoms with Crippen LogP contribution in [-0.4, -0.2) is 37.3 Å². The lowest BCUT2D eigenvalue weighted by Crippen LogP contribution is -2.41. The van der Waals surface area contributed by atoms with Gasteiger partial charge in [-0.15, -0.1) is 0 Å². The number of nitro groups is 1. The smallest absolute Gasteiger partial charge is 0.273 e. The van der Waals surface area contributed by atoms with Crippen molar-refractivity contribution < 1.29 is 14.4 Å². The standard InChI is InChI=1S/C12H16N2O4/c1-9-2-3-10(14(15)16)6-12(9)18-8-11-7-13-4-5-17-11/h2-3,6,11,13H,4-5,7-8H2,1H3. The van der Waals surface area contributed by atoms with E-state index in [0.717, 1.165) is 18.7 Å². The predicted molar refractivity (Wildman–Crippen MR) is 65.9 cm³/mol. The molecule has 1 aliphatic rings. The van der Waals surface area contributed by atoms with Crippen molar-refractivity contribution in [2.24, 2.45) is 0 Å². The van der Waals surface area contributed by atoms with Gasteiger partial charge < -0.3 is 14.8 Å². The highest BCUT2D eigenvalue weighted by atomic mass is 16.6. The van der Waals surface area contributed by atoms with Gasteiger partial charge in [-0.2, -0.15) is 0 Å². The molecule has 6 heteroatoms. The first kappa shape index (κ1) is 12.8. The highest BCUT2D eigenvalue weighted by Gasteiger charge is 2.15. The molecular formula is C12H16N2O4. The highest BCUT2D eigenvalue weighted by molar-refractivity contribution is 5.43. The second kappa shape index (κ2) is 5.79. The summed E-state index contributed by atoms with van der Waals surface area (Å²) in [5.41, 5.74) is 0.919. The highest BCUT2D eigenvalue weighted by Crippen LogP contribution is 2.24. The number of nitrogens with zero attached hydrogens (tertiary/aromatic N) is 1. The van der Waals surface area contributed by atoms with Crippen LogP contribution in [0.1, 0.15) is 5.56 Å². The minimum atomic E-state index is -0.426. The van der Waals surface area contributed by atoms with Gasteiger partial charge in [0.2, 0.25) is 0 Å². The molecule has 1 saturated heterocycles. The number of hydrogen-bond donors (Lipinski definition) is 1. The van der Waals surface area contributed by atoms with Crippen LogP contribution in [0.5, 0.6) is 5.75 Å². The first-order valence-electron chi connectivity index (χ1n) is 5.87. The number of rotatable bonds is 4. The predicted octanol–water partition coefficient (Wildman–Crippen LogP) is 1.27. The second-order valence-electron chi connectivity index (χ2n) is 4.21. The van der Waals surface area contributed by atoms with Crippen molar-refractivity contribution in [3.63, 3.8) is 0 Å². The largest absolute Gasteiger partial charge is 0.490 e. The van der Waals surface area contributed by atoms with Crippen LogP contribution in [-0.2, 0) is 4.74 Å². The topological polar surface area (TPSA) is 73.6 Å². The summed E-state index contributed by atoms with van der Waals surface area (Å²) in [6, 6.07) is 4.61. The van der Waals surface area contributed by atoms with Crippen LogP contribution in [0.2, 0.25) is 0 Å². The van der Waals surface area contributed by atoms with Crippen LogP contribution >= 0.6 is 0 Å². The Labute approximate surface area is 105 Å². The lowest BCUT2D eigenvalue weighted by atomic mass is 10.2. The molecular weight excluding hydrogens is 236 g/mol. The van der Waals surface area contributed by atoms with Gasteiger partial charge in [-0.25, -0.2) is 0 Å². The molecule has 1 fully saturated rings. The van der Waals surface area contributed by atoms with E-state index in [1.165, 1.54) is 12.1 Å². The molecule has 6 nitrogen and oxygen atoms in total. The third kappa shape index (κ3) is 3.18. The Morgan fingerprint density at radius 3 is 3.11 bits per heavy atom. The molecule has 98 valence electrons. The summed E-state index contributed by atoms with van der Waals surface area (Å²) in [7, 11) is 0. The zero-order chi connectivity index (χ0) is 13.0. The van der Waals surface area contributed by atoms with E-state index >= 15 is 0 Å². The Balaban J connectivity index is 1.99. The minimum Gasteiger partial charge on any atom is -0.490 e. The minimum absolute atomic E-state index is 0.00240. The van der Waals surface area contributed by atoms with Crippen LogP contribution in [0.15, 0.2) is 18.2 Å². The molecule has 0 aliphatic carbocycles. The Kier molecular flexibility index (Phi) is 4.11. The molecule has 1 aromatic rings. The van der Waals surface area contributed by atoms with E-state index in [-0.39, 0.29) is 11.8 Å². The Morgan fingerprint density at radius 2 is 2.44 bits per heavy atom. The molecule has 1 aromatic carbocycles. The van der Waals surface area contributed by atoms with Crippen molar-refractivity contribution in [3.8, 4) is 5.75 Å². The average molecular weight is 252 g/mol. The van der Waals surface area contributed by atoms with Crippen molar-refractivity contribution in [2.75, 3.05) is 26.3 Å². The number of benzene rings is 1. The van der Waals surface area contributed by atoms with Crippen LogP contribution in [0, 0.1) is 17.0 Å². The second-order valence-corrected chi connectivity index (χ2v) is 4.21. The lowest BCUT2D eigenvalue weighted by Gasteiger charge is -2.23.